The Hall–Kier alpha value is -1.66. The summed E-state index contributed by atoms with van der Waals surface area (Å²) in [5.41, 5.74) is 6.48. The molecule has 6 heteroatoms. The van der Waals surface area contributed by atoms with Crippen molar-refractivity contribution in [2.45, 2.75) is 6.04 Å². The van der Waals surface area contributed by atoms with Gasteiger partial charge in [0.1, 0.15) is 6.33 Å². The van der Waals surface area contributed by atoms with Crippen molar-refractivity contribution in [1.82, 2.24) is 19.3 Å². The van der Waals surface area contributed by atoms with Gasteiger partial charge in [0, 0.05) is 19.3 Å². The summed E-state index contributed by atoms with van der Waals surface area (Å²) in [6, 6.07) is 1.42. The molecule has 0 aliphatic rings. The van der Waals surface area contributed by atoms with Crippen molar-refractivity contribution in [2.75, 3.05) is 6.61 Å². The van der Waals surface area contributed by atoms with Gasteiger partial charge in [0.25, 0.3) is 0 Å². The lowest BCUT2D eigenvalue weighted by Gasteiger charge is -2.09. The number of nitrogens with zero attached hydrogens (tertiary/aromatic N) is 4. The Bertz CT molecular complexity index is 447. The number of aliphatic hydroxyl groups is 1. The Morgan fingerprint density at radius 2 is 2.40 bits per heavy atom. The van der Waals surface area contributed by atoms with Crippen LogP contribution in [0.4, 0.5) is 0 Å². The van der Waals surface area contributed by atoms with Crippen LogP contribution in [0.2, 0.25) is 0 Å². The first kappa shape index (κ1) is 9.88. The Morgan fingerprint density at radius 3 is 3.00 bits per heavy atom. The predicted molar refractivity (Wildman–Crippen MR) is 54.3 cm³/mol. The summed E-state index contributed by atoms with van der Waals surface area (Å²) in [7, 11) is 1.84. The standard InChI is InChI=1S/C9H13N5O/c1-13-3-2-9(12-13)14-6-11-4-8(14)7(10)5-15/h2-4,6-7,15H,5,10H2,1H3. The first-order chi connectivity index (χ1) is 7.22. The van der Waals surface area contributed by atoms with Gasteiger partial charge < -0.3 is 10.8 Å². The molecule has 2 rings (SSSR count). The minimum atomic E-state index is -0.436. The molecule has 2 aromatic heterocycles. The lowest BCUT2D eigenvalue weighted by molar-refractivity contribution is 0.265. The van der Waals surface area contributed by atoms with Gasteiger partial charge >= 0.3 is 0 Å². The highest BCUT2D eigenvalue weighted by molar-refractivity contribution is 5.24. The molecule has 0 bridgehead atoms. The fourth-order valence-corrected chi connectivity index (χ4v) is 1.40. The molecule has 1 atom stereocenters. The van der Waals surface area contributed by atoms with Crippen molar-refractivity contribution in [3.8, 4) is 5.82 Å². The second-order valence-electron chi connectivity index (χ2n) is 3.33. The fourth-order valence-electron chi connectivity index (χ4n) is 1.40. The van der Waals surface area contributed by atoms with Gasteiger partial charge in [0.15, 0.2) is 5.82 Å². The van der Waals surface area contributed by atoms with E-state index in [0.717, 1.165) is 11.5 Å². The fraction of sp³-hybridized carbons (Fsp3) is 0.333. The lowest BCUT2D eigenvalue weighted by Crippen LogP contribution is -2.18. The number of aliphatic hydroxyl groups excluding tert-OH is 1. The van der Waals surface area contributed by atoms with E-state index < -0.39 is 6.04 Å². The molecule has 1 unspecified atom stereocenters. The molecule has 2 aromatic rings. The van der Waals surface area contributed by atoms with E-state index in [1.165, 1.54) is 0 Å². The van der Waals surface area contributed by atoms with Crippen molar-refractivity contribution < 1.29 is 5.11 Å². The quantitative estimate of drug-likeness (QED) is 0.717. The van der Waals surface area contributed by atoms with Gasteiger partial charge in [-0.05, 0) is 0 Å². The van der Waals surface area contributed by atoms with Crippen LogP contribution in [-0.4, -0.2) is 31.0 Å². The van der Waals surface area contributed by atoms with Gasteiger partial charge in [0.05, 0.1) is 24.5 Å². The lowest BCUT2D eigenvalue weighted by atomic mass is 10.2. The molecule has 0 aliphatic carbocycles. The largest absolute Gasteiger partial charge is 0.394 e. The Balaban J connectivity index is 2.40. The van der Waals surface area contributed by atoms with Crippen molar-refractivity contribution in [3.05, 3.63) is 30.5 Å². The zero-order valence-electron chi connectivity index (χ0n) is 8.41. The highest BCUT2D eigenvalue weighted by Crippen LogP contribution is 2.13. The molecule has 80 valence electrons. The maximum atomic E-state index is 8.99. The molecule has 2 heterocycles. The third-order valence-electron chi connectivity index (χ3n) is 2.19. The van der Waals surface area contributed by atoms with Crippen LogP contribution in [0.1, 0.15) is 11.7 Å². The van der Waals surface area contributed by atoms with Gasteiger partial charge in [0.2, 0.25) is 0 Å². The van der Waals surface area contributed by atoms with Gasteiger partial charge in [-0.25, -0.2) is 4.98 Å². The summed E-state index contributed by atoms with van der Waals surface area (Å²) in [4.78, 5) is 4.00. The van der Waals surface area contributed by atoms with Crippen LogP contribution in [0, 0.1) is 0 Å². The molecule has 0 spiro atoms. The third kappa shape index (κ3) is 1.77. The summed E-state index contributed by atoms with van der Waals surface area (Å²) in [6.45, 7) is -0.113. The molecule has 0 saturated carbocycles. The number of hydrogen-bond acceptors (Lipinski definition) is 4. The monoisotopic (exact) mass is 207 g/mol. The molecule has 0 aromatic carbocycles. The molecular weight excluding hydrogens is 194 g/mol. The molecule has 6 nitrogen and oxygen atoms in total. The van der Waals surface area contributed by atoms with Crippen LogP contribution in [0.25, 0.3) is 5.82 Å². The molecule has 0 aliphatic heterocycles. The van der Waals surface area contributed by atoms with Crippen molar-refractivity contribution >= 4 is 0 Å². The molecule has 0 amide bonds. The first-order valence-electron chi connectivity index (χ1n) is 4.61. The summed E-state index contributed by atoms with van der Waals surface area (Å²) in [6.07, 6.45) is 5.10. The predicted octanol–water partition coefficient (Wildman–Crippen LogP) is -0.402. The van der Waals surface area contributed by atoms with Crippen molar-refractivity contribution in [3.63, 3.8) is 0 Å². The number of imidazole rings is 1. The Kier molecular flexibility index (Phi) is 2.53. The highest BCUT2D eigenvalue weighted by Gasteiger charge is 2.12. The molecule has 0 fully saturated rings. The van der Waals surface area contributed by atoms with Crippen molar-refractivity contribution in [1.29, 1.82) is 0 Å². The van der Waals surface area contributed by atoms with Crippen LogP contribution in [0.3, 0.4) is 0 Å². The smallest absolute Gasteiger partial charge is 0.160 e. The van der Waals surface area contributed by atoms with Gasteiger partial charge in [-0.15, -0.1) is 0 Å². The normalized spacial score (nSPS) is 13.0. The van der Waals surface area contributed by atoms with Crippen LogP contribution in [0.5, 0.6) is 0 Å². The highest BCUT2D eigenvalue weighted by atomic mass is 16.3. The van der Waals surface area contributed by atoms with E-state index in [-0.39, 0.29) is 6.61 Å². The molecule has 0 saturated heterocycles. The number of aromatic nitrogens is 4. The summed E-state index contributed by atoms with van der Waals surface area (Å²) in [5, 5.41) is 13.2. The molecule has 3 N–H and O–H groups in total. The topological polar surface area (TPSA) is 81.9 Å². The van der Waals surface area contributed by atoms with Gasteiger partial charge in [-0.3, -0.25) is 9.25 Å². The average Bonchev–Trinajstić information content (AvgIpc) is 2.84. The number of rotatable bonds is 3. The van der Waals surface area contributed by atoms with E-state index in [9.17, 15) is 0 Å². The number of hydrogen-bond donors (Lipinski definition) is 2. The summed E-state index contributed by atoms with van der Waals surface area (Å²) >= 11 is 0. The van der Waals surface area contributed by atoms with Crippen molar-refractivity contribution in [2.24, 2.45) is 12.8 Å². The zero-order chi connectivity index (χ0) is 10.8. The summed E-state index contributed by atoms with van der Waals surface area (Å²) in [5.74, 6) is 0.744. The minimum absolute atomic E-state index is 0.113. The number of nitrogens with two attached hydrogens (primary N) is 1. The van der Waals surface area contributed by atoms with Crippen LogP contribution in [-0.2, 0) is 7.05 Å². The van der Waals surface area contributed by atoms with E-state index in [4.69, 9.17) is 10.8 Å². The van der Waals surface area contributed by atoms with E-state index in [0.29, 0.717) is 0 Å². The second kappa shape index (κ2) is 3.84. The van der Waals surface area contributed by atoms with E-state index in [1.807, 2.05) is 19.3 Å². The van der Waals surface area contributed by atoms with Gasteiger partial charge in [-0.2, -0.15) is 5.10 Å². The molecule has 0 radical (unpaired) electrons. The first-order valence-corrected chi connectivity index (χ1v) is 4.61. The second-order valence-corrected chi connectivity index (χ2v) is 3.33. The third-order valence-corrected chi connectivity index (χ3v) is 2.19. The van der Waals surface area contributed by atoms with E-state index in [1.54, 1.807) is 21.8 Å². The van der Waals surface area contributed by atoms with E-state index in [2.05, 4.69) is 10.1 Å². The van der Waals surface area contributed by atoms with Crippen LogP contribution in [0.15, 0.2) is 24.8 Å². The Labute approximate surface area is 87.0 Å². The van der Waals surface area contributed by atoms with Gasteiger partial charge in [-0.1, -0.05) is 0 Å². The zero-order valence-corrected chi connectivity index (χ0v) is 8.41. The maximum Gasteiger partial charge on any atom is 0.160 e. The minimum Gasteiger partial charge on any atom is -0.394 e. The molecule has 15 heavy (non-hydrogen) atoms. The SMILES string of the molecule is Cn1ccc(-n2cncc2C(N)CO)n1. The van der Waals surface area contributed by atoms with E-state index >= 15 is 0 Å². The number of aryl methyl sites for hydroxylation is 1. The Morgan fingerprint density at radius 1 is 1.60 bits per heavy atom. The summed E-state index contributed by atoms with van der Waals surface area (Å²) < 4.78 is 3.46. The maximum absolute atomic E-state index is 8.99. The van der Waals surface area contributed by atoms with Crippen LogP contribution >= 0.6 is 0 Å². The van der Waals surface area contributed by atoms with Crippen LogP contribution < -0.4 is 5.73 Å². The average molecular weight is 207 g/mol. The molecular formula is C9H13N5O.